The topological polar surface area (TPSA) is 26.3 Å². The highest BCUT2D eigenvalue weighted by molar-refractivity contribution is 5.76. The van der Waals surface area contributed by atoms with E-state index in [1.807, 2.05) is 13.8 Å². The number of unbranched alkanes of at least 4 members (excludes halogenated alkanes) is 8. The molecule has 0 aromatic heterocycles. The molecule has 0 aliphatic heterocycles. The quantitative estimate of drug-likeness (QED) is 0.261. The lowest BCUT2D eigenvalue weighted by atomic mass is 9.87. The van der Waals surface area contributed by atoms with Gasteiger partial charge in [-0.2, -0.15) is 0 Å². The molecule has 0 bridgehead atoms. The predicted molar refractivity (Wildman–Crippen MR) is 81.9 cm³/mol. The number of carbonyl (C=O) groups is 1. The Hall–Kier alpha value is -0.790. The number of rotatable bonds is 12. The normalized spacial score (nSPS) is 11.3. The first-order chi connectivity index (χ1) is 9.04. The lowest BCUT2D eigenvalue weighted by Crippen LogP contribution is -2.25. The molecule has 0 radical (unpaired) electrons. The molecule has 2 heteroatoms. The molecule has 0 spiro atoms. The van der Waals surface area contributed by atoms with Gasteiger partial charge in [-0.3, -0.25) is 4.79 Å². The summed E-state index contributed by atoms with van der Waals surface area (Å²) in [5, 5.41) is 0. The van der Waals surface area contributed by atoms with Crippen LogP contribution in [0.3, 0.4) is 0 Å². The highest BCUT2D eigenvalue weighted by Crippen LogP contribution is 2.26. The van der Waals surface area contributed by atoms with Crippen LogP contribution in [0.25, 0.3) is 0 Å². The minimum atomic E-state index is -0.380. The van der Waals surface area contributed by atoms with Crippen LogP contribution >= 0.6 is 0 Å². The second kappa shape index (κ2) is 11.1. The van der Waals surface area contributed by atoms with E-state index in [2.05, 4.69) is 13.5 Å². The fourth-order valence-electron chi connectivity index (χ4n) is 2.21. The van der Waals surface area contributed by atoms with Crippen LogP contribution in [0.15, 0.2) is 12.8 Å². The predicted octanol–water partition coefficient (Wildman–Crippen LogP) is 5.62. The Labute approximate surface area is 119 Å². The lowest BCUT2D eigenvalue weighted by Gasteiger charge is -2.21. The van der Waals surface area contributed by atoms with Gasteiger partial charge in [-0.15, -0.1) is 0 Å². The van der Waals surface area contributed by atoms with Gasteiger partial charge >= 0.3 is 5.97 Å². The minimum Gasteiger partial charge on any atom is -0.435 e. The molecule has 0 rings (SSSR count). The van der Waals surface area contributed by atoms with E-state index in [1.165, 1.54) is 57.6 Å². The molecule has 0 heterocycles. The monoisotopic (exact) mass is 268 g/mol. The standard InChI is InChI=1S/C17H32O2/c1-5-7-8-9-10-11-12-13-14-15-17(3,4)16(18)19-6-2/h6H,2,5,7-15H2,1,3-4H3. The summed E-state index contributed by atoms with van der Waals surface area (Å²) in [5.41, 5.74) is -0.380. The van der Waals surface area contributed by atoms with E-state index in [0.717, 1.165) is 12.8 Å². The molecule has 19 heavy (non-hydrogen) atoms. The van der Waals surface area contributed by atoms with Crippen molar-refractivity contribution < 1.29 is 9.53 Å². The van der Waals surface area contributed by atoms with Crippen LogP contribution in [0.1, 0.15) is 85.0 Å². The molecule has 0 N–H and O–H groups in total. The van der Waals surface area contributed by atoms with Gasteiger partial charge in [-0.1, -0.05) is 71.3 Å². The molecule has 0 aliphatic rings. The number of esters is 1. The number of hydrogen-bond acceptors (Lipinski definition) is 2. The molecule has 0 unspecified atom stereocenters. The van der Waals surface area contributed by atoms with Gasteiger partial charge in [0.2, 0.25) is 0 Å². The van der Waals surface area contributed by atoms with Crippen molar-refractivity contribution in [2.75, 3.05) is 0 Å². The highest BCUT2D eigenvalue weighted by atomic mass is 16.5. The van der Waals surface area contributed by atoms with Crippen LogP contribution < -0.4 is 0 Å². The van der Waals surface area contributed by atoms with Gasteiger partial charge in [0.05, 0.1) is 11.7 Å². The number of carbonyl (C=O) groups excluding carboxylic acids is 1. The molecular weight excluding hydrogens is 236 g/mol. The van der Waals surface area contributed by atoms with Crippen LogP contribution in [0.2, 0.25) is 0 Å². The summed E-state index contributed by atoms with van der Waals surface area (Å²) in [6.07, 6.45) is 13.9. The van der Waals surface area contributed by atoms with E-state index in [9.17, 15) is 4.79 Å². The maximum Gasteiger partial charge on any atom is 0.316 e. The van der Waals surface area contributed by atoms with Crippen molar-refractivity contribution in [3.8, 4) is 0 Å². The van der Waals surface area contributed by atoms with E-state index in [4.69, 9.17) is 4.74 Å². The molecule has 0 aromatic carbocycles. The maximum atomic E-state index is 11.6. The Morgan fingerprint density at radius 2 is 1.47 bits per heavy atom. The van der Waals surface area contributed by atoms with Crippen LogP contribution in [0.4, 0.5) is 0 Å². The van der Waals surface area contributed by atoms with Crippen molar-refractivity contribution in [1.29, 1.82) is 0 Å². The van der Waals surface area contributed by atoms with Gasteiger partial charge in [0.25, 0.3) is 0 Å². The zero-order chi connectivity index (χ0) is 14.6. The molecule has 0 aliphatic carbocycles. The molecule has 0 fully saturated rings. The Kier molecular flexibility index (Phi) is 10.6. The Bertz CT molecular complexity index is 244. The maximum absolute atomic E-state index is 11.6. The molecule has 0 amide bonds. The Morgan fingerprint density at radius 1 is 1.00 bits per heavy atom. The number of hydrogen-bond donors (Lipinski definition) is 0. The fraction of sp³-hybridized carbons (Fsp3) is 0.824. The Morgan fingerprint density at radius 3 is 1.95 bits per heavy atom. The smallest absolute Gasteiger partial charge is 0.316 e. The third kappa shape index (κ3) is 9.75. The largest absolute Gasteiger partial charge is 0.435 e. The van der Waals surface area contributed by atoms with E-state index >= 15 is 0 Å². The van der Waals surface area contributed by atoms with Gasteiger partial charge in [0, 0.05) is 0 Å². The van der Waals surface area contributed by atoms with Crippen LogP contribution in [-0.2, 0) is 9.53 Å². The average molecular weight is 268 g/mol. The van der Waals surface area contributed by atoms with Crippen molar-refractivity contribution in [2.45, 2.75) is 85.0 Å². The van der Waals surface area contributed by atoms with Crippen molar-refractivity contribution in [3.05, 3.63) is 12.8 Å². The van der Waals surface area contributed by atoms with E-state index in [1.54, 1.807) is 0 Å². The second-order valence-corrected chi connectivity index (χ2v) is 6.03. The molecule has 0 aromatic rings. The first-order valence-electron chi connectivity index (χ1n) is 7.86. The van der Waals surface area contributed by atoms with Gasteiger partial charge in [-0.05, 0) is 20.3 Å². The summed E-state index contributed by atoms with van der Waals surface area (Å²) in [7, 11) is 0. The average Bonchev–Trinajstić information content (AvgIpc) is 2.37. The van der Waals surface area contributed by atoms with Crippen molar-refractivity contribution in [3.63, 3.8) is 0 Å². The lowest BCUT2D eigenvalue weighted by molar-refractivity contribution is -0.148. The SMILES string of the molecule is C=COC(=O)C(C)(C)CCCCCCCCCCC. The summed E-state index contributed by atoms with van der Waals surface area (Å²) in [4.78, 5) is 11.6. The third-order valence-electron chi connectivity index (χ3n) is 3.65. The van der Waals surface area contributed by atoms with E-state index < -0.39 is 0 Å². The summed E-state index contributed by atoms with van der Waals surface area (Å²) in [6.45, 7) is 9.57. The summed E-state index contributed by atoms with van der Waals surface area (Å²) in [6, 6.07) is 0. The zero-order valence-electron chi connectivity index (χ0n) is 13.2. The third-order valence-corrected chi connectivity index (χ3v) is 3.65. The van der Waals surface area contributed by atoms with Gasteiger partial charge < -0.3 is 4.74 Å². The highest BCUT2D eigenvalue weighted by Gasteiger charge is 2.28. The molecule has 2 nitrogen and oxygen atoms in total. The van der Waals surface area contributed by atoms with Crippen LogP contribution in [-0.4, -0.2) is 5.97 Å². The molecule has 0 atom stereocenters. The molecule has 112 valence electrons. The molecular formula is C17H32O2. The fourth-order valence-corrected chi connectivity index (χ4v) is 2.21. The van der Waals surface area contributed by atoms with Crippen molar-refractivity contribution in [2.24, 2.45) is 5.41 Å². The van der Waals surface area contributed by atoms with E-state index in [0.29, 0.717) is 0 Å². The molecule has 0 saturated carbocycles. The summed E-state index contributed by atoms with van der Waals surface area (Å²) < 4.78 is 4.86. The molecule has 0 saturated heterocycles. The Balaban J connectivity index is 3.47. The van der Waals surface area contributed by atoms with Gasteiger partial charge in [0.15, 0.2) is 0 Å². The second-order valence-electron chi connectivity index (χ2n) is 6.03. The van der Waals surface area contributed by atoms with Crippen LogP contribution in [0, 0.1) is 5.41 Å². The first kappa shape index (κ1) is 18.2. The zero-order valence-corrected chi connectivity index (χ0v) is 13.2. The summed E-state index contributed by atoms with van der Waals surface area (Å²) >= 11 is 0. The minimum absolute atomic E-state index is 0.165. The number of ether oxygens (including phenoxy) is 1. The van der Waals surface area contributed by atoms with Crippen molar-refractivity contribution >= 4 is 5.97 Å². The van der Waals surface area contributed by atoms with Gasteiger partial charge in [0.1, 0.15) is 0 Å². The summed E-state index contributed by atoms with van der Waals surface area (Å²) in [5.74, 6) is -0.165. The first-order valence-corrected chi connectivity index (χ1v) is 7.86. The van der Waals surface area contributed by atoms with Gasteiger partial charge in [-0.25, -0.2) is 0 Å². The van der Waals surface area contributed by atoms with Crippen molar-refractivity contribution in [1.82, 2.24) is 0 Å². The van der Waals surface area contributed by atoms with E-state index in [-0.39, 0.29) is 11.4 Å². The van der Waals surface area contributed by atoms with Crippen LogP contribution in [0.5, 0.6) is 0 Å².